The molecular weight excluding hydrogens is 248 g/mol. The van der Waals surface area contributed by atoms with Crippen molar-refractivity contribution < 1.29 is 19.4 Å². The number of nitrogens with two attached hydrogens (primary N) is 1. The lowest BCUT2D eigenvalue weighted by molar-refractivity contribution is 0.0866. The van der Waals surface area contributed by atoms with Gasteiger partial charge in [-0.3, -0.25) is 4.79 Å². The minimum absolute atomic E-state index is 0.00680. The number of carbonyl (C=O) groups is 1. The zero-order valence-electron chi connectivity index (χ0n) is 11.0. The van der Waals surface area contributed by atoms with Crippen LogP contribution in [-0.2, 0) is 4.74 Å². The van der Waals surface area contributed by atoms with Gasteiger partial charge >= 0.3 is 0 Å². The van der Waals surface area contributed by atoms with E-state index in [1.54, 1.807) is 18.2 Å². The standard InChI is InChI=1S/C13H20N2O4/c1-18-12-4-3-10(14)9-11(12)13(17)15-5-2-7-19-8-6-16/h3-4,9,16H,2,5-8,14H2,1H3,(H,15,17). The molecule has 0 aromatic heterocycles. The van der Waals surface area contributed by atoms with Crippen molar-refractivity contribution in [1.82, 2.24) is 5.32 Å². The summed E-state index contributed by atoms with van der Waals surface area (Å²) < 4.78 is 10.2. The highest BCUT2D eigenvalue weighted by Gasteiger charge is 2.11. The van der Waals surface area contributed by atoms with Crippen LogP contribution in [0.15, 0.2) is 18.2 Å². The number of nitrogens with one attached hydrogen (secondary N) is 1. The Morgan fingerprint density at radius 3 is 2.89 bits per heavy atom. The van der Waals surface area contributed by atoms with Gasteiger partial charge in [0.1, 0.15) is 5.75 Å². The van der Waals surface area contributed by atoms with E-state index in [0.29, 0.717) is 43.2 Å². The molecular formula is C13H20N2O4. The van der Waals surface area contributed by atoms with Crippen molar-refractivity contribution >= 4 is 11.6 Å². The first-order chi connectivity index (χ1) is 9.19. The number of rotatable bonds is 8. The number of anilines is 1. The normalized spacial score (nSPS) is 10.2. The number of aliphatic hydroxyl groups excluding tert-OH is 1. The number of hydrogen-bond donors (Lipinski definition) is 3. The van der Waals surface area contributed by atoms with Gasteiger partial charge < -0.3 is 25.6 Å². The molecule has 0 aliphatic rings. The van der Waals surface area contributed by atoms with Gasteiger partial charge in [0.2, 0.25) is 0 Å². The average Bonchev–Trinajstić information content (AvgIpc) is 2.42. The van der Waals surface area contributed by atoms with E-state index in [1.165, 1.54) is 7.11 Å². The third-order valence-electron chi connectivity index (χ3n) is 2.45. The van der Waals surface area contributed by atoms with Crippen LogP contribution in [0.4, 0.5) is 5.69 Å². The van der Waals surface area contributed by atoms with Crippen LogP contribution in [0.3, 0.4) is 0 Å². The second-order valence-electron chi connectivity index (χ2n) is 3.91. The molecule has 0 aliphatic carbocycles. The van der Waals surface area contributed by atoms with Crippen molar-refractivity contribution in [2.75, 3.05) is 39.2 Å². The van der Waals surface area contributed by atoms with E-state index in [2.05, 4.69) is 5.32 Å². The van der Waals surface area contributed by atoms with E-state index in [-0.39, 0.29) is 12.5 Å². The van der Waals surface area contributed by atoms with Crippen molar-refractivity contribution in [2.45, 2.75) is 6.42 Å². The van der Waals surface area contributed by atoms with Crippen molar-refractivity contribution in [1.29, 1.82) is 0 Å². The van der Waals surface area contributed by atoms with E-state index >= 15 is 0 Å². The summed E-state index contributed by atoms with van der Waals surface area (Å²) in [6.07, 6.45) is 0.677. The lowest BCUT2D eigenvalue weighted by Crippen LogP contribution is -2.26. The van der Waals surface area contributed by atoms with Crippen molar-refractivity contribution in [3.05, 3.63) is 23.8 Å². The molecule has 0 unspecified atom stereocenters. The van der Waals surface area contributed by atoms with Gasteiger partial charge in [-0.25, -0.2) is 0 Å². The Kier molecular flexibility index (Phi) is 6.70. The fraction of sp³-hybridized carbons (Fsp3) is 0.462. The van der Waals surface area contributed by atoms with Crippen LogP contribution in [-0.4, -0.2) is 44.5 Å². The molecule has 6 nitrogen and oxygen atoms in total. The first-order valence-electron chi connectivity index (χ1n) is 6.09. The fourth-order valence-electron chi connectivity index (χ4n) is 1.54. The summed E-state index contributed by atoms with van der Waals surface area (Å²) in [5, 5.41) is 11.3. The van der Waals surface area contributed by atoms with Gasteiger partial charge in [-0.1, -0.05) is 0 Å². The van der Waals surface area contributed by atoms with Crippen molar-refractivity contribution in [3.8, 4) is 5.75 Å². The molecule has 0 atom stereocenters. The summed E-state index contributed by atoms with van der Waals surface area (Å²) >= 11 is 0. The predicted octanol–water partition coefficient (Wildman–Crippen LogP) is 0.406. The minimum Gasteiger partial charge on any atom is -0.496 e. The molecule has 0 aliphatic heterocycles. The third kappa shape index (κ3) is 5.15. The maximum atomic E-state index is 11.9. The Morgan fingerprint density at radius 1 is 1.42 bits per heavy atom. The van der Waals surface area contributed by atoms with E-state index < -0.39 is 0 Å². The Bertz CT molecular complexity index is 410. The molecule has 0 radical (unpaired) electrons. The van der Waals surface area contributed by atoms with Gasteiger partial charge in [0.05, 0.1) is 25.9 Å². The molecule has 1 rings (SSSR count). The number of benzene rings is 1. The number of hydrogen-bond acceptors (Lipinski definition) is 5. The zero-order valence-corrected chi connectivity index (χ0v) is 11.0. The molecule has 1 amide bonds. The van der Waals surface area contributed by atoms with Gasteiger partial charge in [-0.05, 0) is 24.6 Å². The second kappa shape index (κ2) is 8.34. The van der Waals surface area contributed by atoms with E-state index in [4.69, 9.17) is 20.3 Å². The molecule has 0 saturated carbocycles. The second-order valence-corrected chi connectivity index (χ2v) is 3.91. The van der Waals surface area contributed by atoms with Crippen LogP contribution >= 0.6 is 0 Å². The largest absolute Gasteiger partial charge is 0.496 e. The first kappa shape index (κ1) is 15.3. The van der Waals surface area contributed by atoms with Crippen molar-refractivity contribution in [2.24, 2.45) is 0 Å². The van der Waals surface area contributed by atoms with Crippen LogP contribution in [0.2, 0.25) is 0 Å². The molecule has 0 fully saturated rings. The Morgan fingerprint density at radius 2 is 2.21 bits per heavy atom. The number of nitrogen functional groups attached to an aromatic ring is 1. The monoisotopic (exact) mass is 268 g/mol. The van der Waals surface area contributed by atoms with Gasteiger partial charge in [0.25, 0.3) is 5.91 Å². The molecule has 1 aromatic carbocycles. The quantitative estimate of drug-likeness (QED) is 0.469. The van der Waals surface area contributed by atoms with Crippen LogP contribution in [0, 0.1) is 0 Å². The minimum atomic E-state index is -0.230. The van der Waals surface area contributed by atoms with Crippen molar-refractivity contribution in [3.63, 3.8) is 0 Å². The first-order valence-corrected chi connectivity index (χ1v) is 6.09. The van der Waals surface area contributed by atoms with Crippen LogP contribution in [0.1, 0.15) is 16.8 Å². The molecule has 1 aromatic rings. The molecule has 0 heterocycles. The van der Waals surface area contributed by atoms with Crippen LogP contribution in [0.25, 0.3) is 0 Å². The molecule has 4 N–H and O–H groups in total. The summed E-state index contributed by atoms with van der Waals surface area (Å²) in [6.45, 7) is 1.31. The number of carbonyl (C=O) groups excluding carboxylic acids is 1. The molecule has 0 spiro atoms. The fourth-order valence-corrected chi connectivity index (χ4v) is 1.54. The molecule has 106 valence electrons. The Hall–Kier alpha value is -1.79. The summed E-state index contributed by atoms with van der Waals surface area (Å²) in [4.78, 5) is 11.9. The lowest BCUT2D eigenvalue weighted by Gasteiger charge is -2.10. The van der Waals surface area contributed by atoms with Gasteiger partial charge in [-0.15, -0.1) is 0 Å². The molecule has 0 saturated heterocycles. The third-order valence-corrected chi connectivity index (χ3v) is 2.45. The topological polar surface area (TPSA) is 93.8 Å². The summed E-state index contributed by atoms with van der Waals surface area (Å²) in [7, 11) is 1.50. The number of ether oxygens (including phenoxy) is 2. The zero-order chi connectivity index (χ0) is 14.1. The highest BCUT2D eigenvalue weighted by Crippen LogP contribution is 2.20. The highest BCUT2D eigenvalue weighted by atomic mass is 16.5. The number of amides is 1. The van der Waals surface area contributed by atoms with Crippen LogP contribution in [0.5, 0.6) is 5.75 Å². The molecule has 6 heteroatoms. The van der Waals surface area contributed by atoms with E-state index in [9.17, 15) is 4.79 Å². The SMILES string of the molecule is COc1ccc(N)cc1C(=O)NCCCOCCO. The van der Waals surface area contributed by atoms with Gasteiger partial charge in [0.15, 0.2) is 0 Å². The van der Waals surface area contributed by atoms with E-state index in [1.807, 2.05) is 0 Å². The molecule has 19 heavy (non-hydrogen) atoms. The number of aliphatic hydroxyl groups is 1. The maximum Gasteiger partial charge on any atom is 0.255 e. The lowest BCUT2D eigenvalue weighted by atomic mass is 10.1. The Balaban J connectivity index is 2.43. The number of methoxy groups -OCH3 is 1. The maximum absolute atomic E-state index is 11.9. The molecule has 0 bridgehead atoms. The average molecular weight is 268 g/mol. The summed E-state index contributed by atoms with van der Waals surface area (Å²) in [6, 6.07) is 4.92. The van der Waals surface area contributed by atoms with E-state index in [0.717, 1.165) is 0 Å². The summed E-state index contributed by atoms with van der Waals surface area (Å²) in [5.74, 6) is 0.259. The smallest absolute Gasteiger partial charge is 0.255 e. The van der Waals surface area contributed by atoms with Gasteiger partial charge in [0, 0.05) is 18.8 Å². The van der Waals surface area contributed by atoms with Gasteiger partial charge in [-0.2, -0.15) is 0 Å². The Labute approximate surface area is 112 Å². The predicted molar refractivity (Wildman–Crippen MR) is 72.3 cm³/mol. The van der Waals surface area contributed by atoms with Crippen LogP contribution < -0.4 is 15.8 Å². The highest BCUT2D eigenvalue weighted by molar-refractivity contribution is 5.97. The summed E-state index contributed by atoms with van der Waals surface area (Å²) in [5.41, 5.74) is 6.58.